The highest BCUT2D eigenvalue weighted by Crippen LogP contribution is 2.22. The SMILES string of the molecule is CCC(C)(C)CNC(C)c1ccc(C(C)C)cc1. The number of hydrogen-bond acceptors (Lipinski definition) is 1. The molecule has 0 spiro atoms. The van der Waals surface area contributed by atoms with Crippen LogP contribution in [0.4, 0.5) is 0 Å². The van der Waals surface area contributed by atoms with E-state index in [-0.39, 0.29) is 0 Å². The minimum absolute atomic E-state index is 0.381. The molecule has 0 bridgehead atoms. The van der Waals surface area contributed by atoms with Crippen LogP contribution >= 0.6 is 0 Å². The van der Waals surface area contributed by atoms with Crippen molar-refractivity contribution in [1.29, 1.82) is 0 Å². The lowest BCUT2D eigenvalue weighted by Crippen LogP contribution is -2.30. The fraction of sp³-hybridized carbons (Fsp3) is 0.647. The van der Waals surface area contributed by atoms with E-state index in [0.717, 1.165) is 6.54 Å². The average molecular weight is 247 g/mol. The molecule has 18 heavy (non-hydrogen) atoms. The molecular weight excluding hydrogens is 218 g/mol. The maximum Gasteiger partial charge on any atom is 0.0292 e. The second-order valence-electron chi connectivity index (χ2n) is 6.44. The Morgan fingerprint density at radius 2 is 1.50 bits per heavy atom. The van der Waals surface area contributed by atoms with Gasteiger partial charge in [0.25, 0.3) is 0 Å². The first-order chi connectivity index (χ1) is 8.35. The van der Waals surface area contributed by atoms with Crippen molar-refractivity contribution in [3.05, 3.63) is 35.4 Å². The molecule has 0 aromatic heterocycles. The van der Waals surface area contributed by atoms with E-state index < -0.39 is 0 Å². The Morgan fingerprint density at radius 3 is 1.94 bits per heavy atom. The molecule has 1 rings (SSSR count). The molecule has 1 unspecified atom stereocenters. The molecule has 1 nitrogen and oxygen atoms in total. The molecule has 0 aliphatic carbocycles. The van der Waals surface area contributed by atoms with Crippen LogP contribution in [-0.4, -0.2) is 6.54 Å². The van der Waals surface area contributed by atoms with E-state index in [1.54, 1.807) is 0 Å². The maximum absolute atomic E-state index is 3.64. The Bertz CT molecular complexity index is 348. The van der Waals surface area contributed by atoms with Crippen LogP contribution in [0, 0.1) is 5.41 Å². The molecule has 0 aliphatic rings. The highest BCUT2D eigenvalue weighted by Gasteiger charge is 2.16. The first kappa shape index (κ1) is 15.2. The Labute approximate surface area is 113 Å². The zero-order valence-corrected chi connectivity index (χ0v) is 12.9. The van der Waals surface area contributed by atoms with Crippen molar-refractivity contribution in [2.45, 2.75) is 59.9 Å². The Kier molecular flexibility index (Phi) is 5.40. The number of nitrogens with one attached hydrogen (secondary N) is 1. The quantitative estimate of drug-likeness (QED) is 0.754. The first-order valence-electron chi connectivity index (χ1n) is 7.19. The Hall–Kier alpha value is -0.820. The van der Waals surface area contributed by atoms with Gasteiger partial charge < -0.3 is 5.32 Å². The largest absolute Gasteiger partial charge is 0.310 e. The van der Waals surface area contributed by atoms with Gasteiger partial charge >= 0.3 is 0 Å². The van der Waals surface area contributed by atoms with Gasteiger partial charge in [-0.05, 0) is 35.8 Å². The van der Waals surface area contributed by atoms with E-state index in [2.05, 4.69) is 71.1 Å². The Balaban J connectivity index is 2.59. The van der Waals surface area contributed by atoms with E-state index in [4.69, 9.17) is 0 Å². The smallest absolute Gasteiger partial charge is 0.0292 e. The van der Waals surface area contributed by atoms with Crippen LogP contribution in [0.1, 0.15) is 71.0 Å². The van der Waals surface area contributed by atoms with Gasteiger partial charge in [-0.15, -0.1) is 0 Å². The molecule has 0 saturated carbocycles. The van der Waals surface area contributed by atoms with Crippen LogP contribution < -0.4 is 5.32 Å². The summed E-state index contributed by atoms with van der Waals surface area (Å²) >= 11 is 0. The van der Waals surface area contributed by atoms with Crippen molar-refractivity contribution in [1.82, 2.24) is 5.32 Å². The molecule has 0 aliphatic heterocycles. The van der Waals surface area contributed by atoms with E-state index >= 15 is 0 Å². The lowest BCUT2D eigenvalue weighted by molar-refractivity contribution is 0.314. The molecule has 0 saturated heterocycles. The van der Waals surface area contributed by atoms with Gasteiger partial charge in [-0.25, -0.2) is 0 Å². The molecule has 0 amide bonds. The van der Waals surface area contributed by atoms with Crippen molar-refractivity contribution in [2.75, 3.05) is 6.54 Å². The third kappa shape index (κ3) is 4.45. The fourth-order valence-electron chi connectivity index (χ4n) is 1.84. The molecule has 0 heterocycles. The van der Waals surface area contributed by atoms with Gasteiger partial charge in [0.2, 0.25) is 0 Å². The molecule has 0 radical (unpaired) electrons. The zero-order chi connectivity index (χ0) is 13.8. The first-order valence-corrected chi connectivity index (χ1v) is 7.19. The lowest BCUT2D eigenvalue weighted by Gasteiger charge is -2.26. The second-order valence-corrected chi connectivity index (χ2v) is 6.44. The molecule has 1 heteroatoms. The minimum Gasteiger partial charge on any atom is -0.310 e. The molecule has 0 fully saturated rings. The van der Waals surface area contributed by atoms with Gasteiger partial charge in [-0.2, -0.15) is 0 Å². The van der Waals surface area contributed by atoms with E-state index in [9.17, 15) is 0 Å². The third-order valence-electron chi connectivity index (χ3n) is 3.95. The van der Waals surface area contributed by atoms with Crippen molar-refractivity contribution in [3.63, 3.8) is 0 Å². The summed E-state index contributed by atoms with van der Waals surface area (Å²) in [6.07, 6.45) is 1.21. The van der Waals surface area contributed by atoms with Crippen molar-refractivity contribution >= 4 is 0 Å². The van der Waals surface area contributed by atoms with Crippen molar-refractivity contribution in [3.8, 4) is 0 Å². The molecule has 1 N–H and O–H groups in total. The summed E-state index contributed by atoms with van der Waals surface area (Å²) in [6.45, 7) is 14.7. The topological polar surface area (TPSA) is 12.0 Å². The second kappa shape index (κ2) is 6.38. The highest BCUT2D eigenvalue weighted by atomic mass is 14.9. The predicted molar refractivity (Wildman–Crippen MR) is 81.0 cm³/mol. The summed E-state index contributed by atoms with van der Waals surface area (Å²) in [7, 11) is 0. The van der Waals surface area contributed by atoms with Crippen LogP contribution in [0.5, 0.6) is 0 Å². The van der Waals surface area contributed by atoms with Gasteiger partial charge in [0.05, 0.1) is 0 Å². The van der Waals surface area contributed by atoms with Crippen molar-refractivity contribution < 1.29 is 0 Å². The lowest BCUT2D eigenvalue weighted by atomic mass is 9.90. The summed E-state index contributed by atoms with van der Waals surface area (Å²) in [5, 5.41) is 3.64. The standard InChI is InChI=1S/C17H29N/c1-7-17(5,6)12-18-14(4)16-10-8-15(9-11-16)13(2)3/h8-11,13-14,18H,7,12H2,1-6H3. The number of hydrogen-bond donors (Lipinski definition) is 1. The highest BCUT2D eigenvalue weighted by molar-refractivity contribution is 5.26. The van der Waals surface area contributed by atoms with E-state index in [0.29, 0.717) is 17.4 Å². The van der Waals surface area contributed by atoms with Gasteiger partial charge in [0, 0.05) is 12.6 Å². The normalized spacial score (nSPS) is 13.9. The summed E-state index contributed by atoms with van der Waals surface area (Å²) < 4.78 is 0. The van der Waals surface area contributed by atoms with Crippen LogP contribution in [-0.2, 0) is 0 Å². The van der Waals surface area contributed by atoms with E-state index in [1.165, 1.54) is 17.5 Å². The molecule has 1 aromatic carbocycles. The number of benzene rings is 1. The van der Waals surface area contributed by atoms with Gasteiger partial charge in [-0.1, -0.05) is 58.9 Å². The monoisotopic (exact) mass is 247 g/mol. The van der Waals surface area contributed by atoms with Crippen molar-refractivity contribution in [2.24, 2.45) is 5.41 Å². The van der Waals surface area contributed by atoms with Crippen LogP contribution in [0.15, 0.2) is 24.3 Å². The molecular formula is C17H29N. The third-order valence-corrected chi connectivity index (χ3v) is 3.95. The summed E-state index contributed by atoms with van der Waals surface area (Å²) in [5.41, 5.74) is 3.18. The predicted octanol–water partition coefficient (Wildman–Crippen LogP) is 4.90. The van der Waals surface area contributed by atoms with Crippen LogP contribution in [0.3, 0.4) is 0 Å². The Morgan fingerprint density at radius 1 is 1.00 bits per heavy atom. The number of rotatable bonds is 6. The van der Waals surface area contributed by atoms with Crippen LogP contribution in [0.2, 0.25) is 0 Å². The zero-order valence-electron chi connectivity index (χ0n) is 12.9. The van der Waals surface area contributed by atoms with Gasteiger partial charge in [0.1, 0.15) is 0 Å². The average Bonchev–Trinajstić information content (AvgIpc) is 2.36. The summed E-state index contributed by atoms with van der Waals surface area (Å²) in [5.74, 6) is 0.612. The maximum atomic E-state index is 3.64. The summed E-state index contributed by atoms with van der Waals surface area (Å²) in [6, 6.07) is 9.45. The fourth-order valence-corrected chi connectivity index (χ4v) is 1.84. The van der Waals surface area contributed by atoms with Gasteiger partial charge in [0.15, 0.2) is 0 Å². The van der Waals surface area contributed by atoms with Crippen LogP contribution in [0.25, 0.3) is 0 Å². The minimum atomic E-state index is 0.381. The molecule has 1 atom stereocenters. The van der Waals surface area contributed by atoms with Gasteiger partial charge in [-0.3, -0.25) is 0 Å². The molecule has 102 valence electrons. The molecule has 1 aromatic rings. The van der Waals surface area contributed by atoms with E-state index in [1.807, 2.05) is 0 Å². The summed E-state index contributed by atoms with van der Waals surface area (Å²) in [4.78, 5) is 0.